The van der Waals surface area contributed by atoms with Gasteiger partial charge < -0.3 is 11.1 Å². The van der Waals surface area contributed by atoms with Crippen LogP contribution in [0.4, 0.5) is 0 Å². The molecule has 3 heteroatoms. The molecule has 3 N–H and O–H groups in total. The van der Waals surface area contributed by atoms with Crippen molar-refractivity contribution in [3.05, 3.63) is 12.7 Å². The Bertz CT molecular complexity index is 227. The van der Waals surface area contributed by atoms with E-state index in [9.17, 15) is 0 Å². The van der Waals surface area contributed by atoms with Crippen LogP contribution in [-0.2, 0) is 0 Å². The number of nitrogens with two attached hydrogens (primary N) is 1. The first-order valence-electron chi connectivity index (χ1n) is 6.41. The van der Waals surface area contributed by atoms with E-state index in [4.69, 9.17) is 5.73 Å². The van der Waals surface area contributed by atoms with Crippen molar-refractivity contribution in [3.8, 4) is 0 Å². The molecule has 0 saturated heterocycles. The summed E-state index contributed by atoms with van der Waals surface area (Å²) in [5.41, 5.74) is 5.72. The molecule has 16 heavy (non-hydrogen) atoms. The third kappa shape index (κ3) is 4.69. The van der Waals surface area contributed by atoms with Gasteiger partial charge >= 0.3 is 0 Å². The summed E-state index contributed by atoms with van der Waals surface area (Å²) in [4.78, 5) is 4.37. The van der Waals surface area contributed by atoms with E-state index >= 15 is 0 Å². The molecule has 1 rings (SSSR count). The van der Waals surface area contributed by atoms with Crippen molar-refractivity contribution in [2.75, 3.05) is 13.1 Å². The Morgan fingerprint density at radius 1 is 1.38 bits per heavy atom. The summed E-state index contributed by atoms with van der Waals surface area (Å²) in [6.45, 7) is 7.49. The Balaban J connectivity index is 2.20. The van der Waals surface area contributed by atoms with E-state index < -0.39 is 0 Å². The van der Waals surface area contributed by atoms with Crippen LogP contribution in [-0.4, -0.2) is 19.0 Å². The molecule has 3 nitrogen and oxygen atoms in total. The Hall–Kier alpha value is -0.990. The minimum atomic E-state index is 0.553. The zero-order chi connectivity index (χ0) is 11.8. The van der Waals surface area contributed by atoms with Gasteiger partial charge in [0.05, 0.1) is 0 Å². The van der Waals surface area contributed by atoms with Crippen LogP contribution in [0.2, 0.25) is 0 Å². The van der Waals surface area contributed by atoms with Crippen molar-refractivity contribution in [1.82, 2.24) is 5.32 Å². The molecule has 1 fully saturated rings. The van der Waals surface area contributed by atoms with E-state index in [-0.39, 0.29) is 0 Å². The molecule has 0 aromatic heterocycles. The predicted molar refractivity (Wildman–Crippen MR) is 70.4 cm³/mol. The maximum atomic E-state index is 5.72. The summed E-state index contributed by atoms with van der Waals surface area (Å²) in [7, 11) is 0. The van der Waals surface area contributed by atoms with E-state index in [0.717, 1.165) is 18.4 Å². The highest BCUT2D eigenvalue weighted by Crippen LogP contribution is 2.30. The summed E-state index contributed by atoms with van der Waals surface area (Å²) in [5.74, 6) is 2.25. The summed E-state index contributed by atoms with van der Waals surface area (Å²) >= 11 is 0. The van der Waals surface area contributed by atoms with Gasteiger partial charge in [-0.1, -0.05) is 32.3 Å². The molecule has 0 aliphatic heterocycles. The molecule has 0 aromatic carbocycles. The second-order valence-corrected chi connectivity index (χ2v) is 4.69. The molecular weight excluding hydrogens is 198 g/mol. The third-order valence-corrected chi connectivity index (χ3v) is 3.49. The van der Waals surface area contributed by atoms with E-state index in [1.54, 1.807) is 6.08 Å². The molecule has 1 aliphatic rings. The molecule has 0 unspecified atom stereocenters. The fraction of sp³-hybridized carbons (Fsp3) is 0.769. The smallest absolute Gasteiger partial charge is 0.188 e. The van der Waals surface area contributed by atoms with Gasteiger partial charge in [0.25, 0.3) is 0 Å². The lowest BCUT2D eigenvalue weighted by Gasteiger charge is -2.26. The van der Waals surface area contributed by atoms with Gasteiger partial charge in [0, 0.05) is 13.1 Å². The van der Waals surface area contributed by atoms with Crippen molar-refractivity contribution < 1.29 is 0 Å². The van der Waals surface area contributed by atoms with Gasteiger partial charge in [-0.2, -0.15) is 0 Å². The molecule has 0 amide bonds. The van der Waals surface area contributed by atoms with Gasteiger partial charge in [0.15, 0.2) is 5.96 Å². The molecule has 0 spiro atoms. The van der Waals surface area contributed by atoms with E-state index in [1.165, 1.54) is 32.1 Å². The van der Waals surface area contributed by atoms with Gasteiger partial charge in [-0.25, -0.2) is 0 Å². The Labute approximate surface area is 99.2 Å². The van der Waals surface area contributed by atoms with Gasteiger partial charge in [-0.05, 0) is 24.7 Å². The number of hydrogen-bond donors (Lipinski definition) is 2. The summed E-state index contributed by atoms with van der Waals surface area (Å²) in [6.07, 6.45) is 8.49. The van der Waals surface area contributed by atoms with Gasteiger partial charge in [-0.3, -0.25) is 4.99 Å². The zero-order valence-electron chi connectivity index (χ0n) is 10.4. The minimum Gasteiger partial charge on any atom is -0.370 e. The maximum absolute atomic E-state index is 5.72. The van der Waals surface area contributed by atoms with Crippen molar-refractivity contribution in [2.24, 2.45) is 22.6 Å². The van der Waals surface area contributed by atoms with Crippen molar-refractivity contribution in [3.63, 3.8) is 0 Å². The fourth-order valence-corrected chi connectivity index (χ4v) is 2.28. The Morgan fingerprint density at radius 2 is 2.00 bits per heavy atom. The van der Waals surface area contributed by atoms with Crippen molar-refractivity contribution >= 4 is 5.96 Å². The van der Waals surface area contributed by atoms with E-state index in [2.05, 4.69) is 23.8 Å². The monoisotopic (exact) mass is 223 g/mol. The lowest BCUT2D eigenvalue weighted by Crippen LogP contribution is -2.32. The topological polar surface area (TPSA) is 50.4 Å². The van der Waals surface area contributed by atoms with Gasteiger partial charge in [0.1, 0.15) is 0 Å². The minimum absolute atomic E-state index is 0.553. The SMILES string of the molecule is C=CCNC(N)=NCC1CCC(CC)CC1. The van der Waals surface area contributed by atoms with Crippen LogP contribution in [0.25, 0.3) is 0 Å². The third-order valence-electron chi connectivity index (χ3n) is 3.49. The molecule has 0 radical (unpaired) electrons. The number of rotatable bonds is 5. The molecule has 0 bridgehead atoms. The Morgan fingerprint density at radius 3 is 2.56 bits per heavy atom. The number of guanidine groups is 1. The number of hydrogen-bond acceptors (Lipinski definition) is 1. The van der Waals surface area contributed by atoms with Crippen LogP contribution < -0.4 is 11.1 Å². The first-order chi connectivity index (χ1) is 7.76. The van der Waals surface area contributed by atoms with E-state index in [1.807, 2.05) is 0 Å². The second kappa shape index (κ2) is 7.31. The van der Waals surface area contributed by atoms with Crippen LogP contribution >= 0.6 is 0 Å². The quantitative estimate of drug-likeness (QED) is 0.427. The van der Waals surface area contributed by atoms with Crippen molar-refractivity contribution in [1.29, 1.82) is 0 Å². The molecule has 1 saturated carbocycles. The highest BCUT2D eigenvalue weighted by molar-refractivity contribution is 5.77. The highest BCUT2D eigenvalue weighted by Gasteiger charge is 2.19. The van der Waals surface area contributed by atoms with E-state index in [0.29, 0.717) is 12.5 Å². The number of aliphatic imine (C=N–C) groups is 1. The van der Waals surface area contributed by atoms with Crippen LogP contribution in [0.5, 0.6) is 0 Å². The largest absolute Gasteiger partial charge is 0.370 e. The highest BCUT2D eigenvalue weighted by atomic mass is 15.1. The molecular formula is C13H25N3. The lowest BCUT2D eigenvalue weighted by atomic mass is 9.81. The second-order valence-electron chi connectivity index (χ2n) is 4.69. The molecule has 1 aliphatic carbocycles. The zero-order valence-corrected chi connectivity index (χ0v) is 10.4. The Kier molecular flexibility index (Phi) is 5.98. The van der Waals surface area contributed by atoms with Crippen LogP contribution in [0.1, 0.15) is 39.0 Å². The fourth-order valence-electron chi connectivity index (χ4n) is 2.28. The van der Waals surface area contributed by atoms with Gasteiger partial charge in [-0.15, -0.1) is 6.58 Å². The summed E-state index contributed by atoms with van der Waals surface area (Å²) < 4.78 is 0. The molecule has 0 heterocycles. The lowest BCUT2D eigenvalue weighted by molar-refractivity contribution is 0.274. The summed E-state index contributed by atoms with van der Waals surface area (Å²) in [5, 5.41) is 3.00. The van der Waals surface area contributed by atoms with Crippen LogP contribution in [0.3, 0.4) is 0 Å². The van der Waals surface area contributed by atoms with Crippen molar-refractivity contribution in [2.45, 2.75) is 39.0 Å². The first kappa shape index (κ1) is 13.1. The van der Waals surface area contributed by atoms with Crippen LogP contribution in [0.15, 0.2) is 17.6 Å². The average molecular weight is 223 g/mol. The van der Waals surface area contributed by atoms with Gasteiger partial charge in [0.2, 0.25) is 0 Å². The maximum Gasteiger partial charge on any atom is 0.188 e. The predicted octanol–water partition coefficient (Wildman–Crippen LogP) is 2.29. The number of nitrogens with one attached hydrogen (secondary N) is 1. The normalized spacial score (nSPS) is 26.4. The summed E-state index contributed by atoms with van der Waals surface area (Å²) in [6, 6.07) is 0. The first-order valence-corrected chi connectivity index (χ1v) is 6.41. The molecule has 0 atom stereocenters. The average Bonchev–Trinajstić information content (AvgIpc) is 2.34. The number of nitrogens with zero attached hydrogens (tertiary/aromatic N) is 1. The standard InChI is InChI=1S/C13H25N3/c1-3-9-15-13(14)16-10-12-7-5-11(4-2)6-8-12/h3,11-12H,1,4-10H2,2H3,(H3,14,15,16). The molecule has 92 valence electrons. The molecule has 0 aromatic rings. The van der Waals surface area contributed by atoms with Crippen LogP contribution in [0, 0.1) is 11.8 Å².